The second-order valence-corrected chi connectivity index (χ2v) is 4.28. The first-order valence-electron chi connectivity index (χ1n) is 5.98. The number of benzene rings is 2. The Morgan fingerprint density at radius 2 is 1.74 bits per heavy atom. The molecule has 2 aromatic carbocycles. The van der Waals surface area contributed by atoms with Crippen molar-refractivity contribution in [1.29, 1.82) is 0 Å². The van der Waals surface area contributed by atoms with Crippen LogP contribution < -0.4 is 0 Å². The molecule has 4 heteroatoms. The minimum absolute atomic E-state index is 0.798. The van der Waals surface area contributed by atoms with Gasteiger partial charge >= 0.3 is 0 Å². The van der Waals surface area contributed by atoms with Crippen LogP contribution in [-0.4, -0.2) is 15.4 Å². The molecule has 0 unspecified atom stereocenters. The van der Waals surface area contributed by atoms with Crippen LogP contribution in [0.5, 0.6) is 0 Å². The van der Waals surface area contributed by atoms with Gasteiger partial charge in [0.15, 0.2) is 0 Å². The number of fused-ring (bicyclic) bond motifs is 3. The van der Waals surface area contributed by atoms with Gasteiger partial charge in [-0.15, -0.1) is 10.2 Å². The van der Waals surface area contributed by atoms with Gasteiger partial charge in [-0.1, -0.05) is 30.3 Å². The lowest BCUT2D eigenvalue weighted by Gasteiger charge is -2.00. The van der Waals surface area contributed by atoms with E-state index in [0.717, 1.165) is 33.2 Å². The average molecular weight is 247 g/mol. The molecule has 0 aliphatic carbocycles. The molecular formula is C15H9N3O. The highest BCUT2D eigenvalue weighted by molar-refractivity contribution is 6.11. The van der Waals surface area contributed by atoms with Crippen molar-refractivity contribution >= 4 is 21.9 Å². The molecule has 0 bridgehead atoms. The van der Waals surface area contributed by atoms with E-state index in [4.69, 9.17) is 4.42 Å². The summed E-state index contributed by atoms with van der Waals surface area (Å²) < 4.78 is 5.85. The van der Waals surface area contributed by atoms with E-state index in [9.17, 15) is 0 Å². The van der Waals surface area contributed by atoms with Gasteiger partial charge in [0.25, 0.3) is 0 Å². The van der Waals surface area contributed by atoms with E-state index in [1.165, 1.54) is 0 Å². The van der Waals surface area contributed by atoms with Gasteiger partial charge in [0.1, 0.15) is 11.2 Å². The van der Waals surface area contributed by atoms with Crippen molar-refractivity contribution in [2.45, 2.75) is 0 Å². The number of rotatable bonds is 1. The highest BCUT2D eigenvalue weighted by atomic mass is 16.3. The number of hydrogen-bond donors (Lipinski definition) is 0. The number of hydrogen-bond acceptors (Lipinski definition) is 4. The molecule has 0 spiro atoms. The van der Waals surface area contributed by atoms with E-state index in [-0.39, 0.29) is 0 Å². The molecule has 0 N–H and O–H groups in total. The van der Waals surface area contributed by atoms with Crippen LogP contribution in [0, 0.1) is 0 Å². The fourth-order valence-electron chi connectivity index (χ4n) is 2.37. The third kappa shape index (κ3) is 1.50. The molecule has 2 aromatic heterocycles. The Morgan fingerprint density at radius 3 is 2.63 bits per heavy atom. The summed E-state index contributed by atoms with van der Waals surface area (Å²) in [4.78, 5) is 0. The molecule has 0 atom stereocenters. The summed E-state index contributed by atoms with van der Waals surface area (Å²) in [7, 11) is 0. The van der Waals surface area contributed by atoms with Crippen LogP contribution in [0.3, 0.4) is 0 Å². The maximum absolute atomic E-state index is 5.85. The highest BCUT2D eigenvalue weighted by Crippen LogP contribution is 2.35. The molecule has 90 valence electrons. The third-order valence-corrected chi connectivity index (χ3v) is 3.18. The Morgan fingerprint density at radius 1 is 0.842 bits per heavy atom. The molecule has 4 nitrogen and oxygen atoms in total. The molecule has 0 amide bonds. The maximum Gasteiger partial charge on any atom is 0.136 e. The molecule has 4 rings (SSSR count). The van der Waals surface area contributed by atoms with Gasteiger partial charge in [-0.2, -0.15) is 0 Å². The minimum atomic E-state index is 0.798. The van der Waals surface area contributed by atoms with Crippen LogP contribution in [0.1, 0.15) is 0 Å². The Balaban J connectivity index is 2.17. The topological polar surface area (TPSA) is 51.8 Å². The molecule has 0 fully saturated rings. The van der Waals surface area contributed by atoms with Crippen molar-refractivity contribution in [3.05, 3.63) is 54.7 Å². The zero-order chi connectivity index (χ0) is 12.7. The molecule has 0 saturated carbocycles. The average Bonchev–Trinajstić information content (AvgIpc) is 2.86. The van der Waals surface area contributed by atoms with Crippen molar-refractivity contribution < 1.29 is 4.42 Å². The Bertz CT molecular complexity index is 868. The monoisotopic (exact) mass is 247 g/mol. The van der Waals surface area contributed by atoms with E-state index in [0.29, 0.717) is 0 Å². The summed E-state index contributed by atoms with van der Waals surface area (Å²) in [6.07, 6.45) is 1.64. The summed E-state index contributed by atoms with van der Waals surface area (Å²) in [6.45, 7) is 0. The van der Waals surface area contributed by atoms with Crippen molar-refractivity contribution in [3.8, 4) is 11.3 Å². The third-order valence-electron chi connectivity index (χ3n) is 3.18. The fourth-order valence-corrected chi connectivity index (χ4v) is 2.37. The molecular weight excluding hydrogens is 238 g/mol. The molecule has 0 aliphatic heterocycles. The van der Waals surface area contributed by atoms with Gasteiger partial charge in [0.05, 0.1) is 11.9 Å². The molecule has 0 aliphatic rings. The second kappa shape index (κ2) is 3.88. The van der Waals surface area contributed by atoms with Crippen molar-refractivity contribution in [3.63, 3.8) is 0 Å². The van der Waals surface area contributed by atoms with Gasteiger partial charge in [-0.25, -0.2) is 0 Å². The number of nitrogens with zero attached hydrogens (tertiary/aromatic N) is 3. The summed E-state index contributed by atoms with van der Waals surface area (Å²) in [5.74, 6) is 0. The lowest BCUT2D eigenvalue weighted by molar-refractivity contribution is 0.669. The normalized spacial score (nSPS) is 11.2. The lowest BCUT2D eigenvalue weighted by atomic mass is 10.0. The molecule has 2 heterocycles. The van der Waals surface area contributed by atoms with Crippen molar-refractivity contribution in [2.24, 2.45) is 0 Å². The van der Waals surface area contributed by atoms with Crippen molar-refractivity contribution in [2.75, 3.05) is 0 Å². The zero-order valence-corrected chi connectivity index (χ0v) is 9.95. The molecule has 0 radical (unpaired) electrons. The van der Waals surface area contributed by atoms with Gasteiger partial charge in [-0.3, -0.25) is 0 Å². The zero-order valence-electron chi connectivity index (χ0n) is 9.95. The van der Waals surface area contributed by atoms with Gasteiger partial charge < -0.3 is 4.42 Å². The fraction of sp³-hybridized carbons (Fsp3) is 0. The van der Waals surface area contributed by atoms with Crippen LogP contribution in [0.4, 0.5) is 0 Å². The summed E-state index contributed by atoms with van der Waals surface area (Å²) in [5, 5.41) is 13.7. The lowest BCUT2D eigenvalue weighted by Crippen LogP contribution is -1.89. The van der Waals surface area contributed by atoms with E-state index in [2.05, 4.69) is 21.5 Å². The predicted molar refractivity (Wildman–Crippen MR) is 72.5 cm³/mol. The maximum atomic E-state index is 5.85. The van der Waals surface area contributed by atoms with Gasteiger partial charge in [-0.05, 0) is 23.4 Å². The second-order valence-electron chi connectivity index (χ2n) is 4.28. The SMILES string of the molecule is c1ccc2c(c1)oc1cccc(-c3ccnnn3)c12. The first-order valence-corrected chi connectivity index (χ1v) is 5.98. The Kier molecular flexibility index (Phi) is 2.08. The van der Waals surface area contributed by atoms with Crippen LogP contribution in [-0.2, 0) is 0 Å². The van der Waals surface area contributed by atoms with Gasteiger partial charge in [0.2, 0.25) is 0 Å². The van der Waals surface area contributed by atoms with Crippen LogP contribution in [0.25, 0.3) is 33.2 Å². The van der Waals surface area contributed by atoms with Crippen molar-refractivity contribution in [1.82, 2.24) is 15.4 Å². The Hall–Kier alpha value is -2.75. The quantitative estimate of drug-likeness (QED) is 0.517. The predicted octanol–water partition coefficient (Wildman–Crippen LogP) is 3.44. The highest BCUT2D eigenvalue weighted by Gasteiger charge is 2.12. The van der Waals surface area contributed by atoms with E-state index < -0.39 is 0 Å². The first-order chi connectivity index (χ1) is 9.43. The number of para-hydroxylation sites is 1. The smallest absolute Gasteiger partial charge is 0.136 e. The molecule has 4 aromatic rings. The van der Waals surface area contributed by atoms with Crippen LogP contribution in [0.2, 0.25) is 0 Å². The largest absolute Gasteiger partial charge is 0.456 e. The minimum Gasteiger partial charge on any atom is -0.456 e. The molecule has 0 saturated heterocycles. The first kappa shape index (κ1) is 10.2. The Labute approximate surface area is 108 Å². The van der Waals surface area contributed by atoms with Crippen LogP contribution >= 0.6 is 0 Å². The number of aromatic nitrogens is 3. The van der Waals surface area contributed by atoms with E-state index in [1.54, 1.807) is 6.20 Å². The molecule has 19 heavy (non-hydrogen) atoms. The van der Waals surface area contributed by atoms with Crippen LogP contribution in [0.15, 0.2) is 59.1 Å². The summed E-state index contributed by atoms with van der Waals surface area (Å²) >= 11 is 0. The van der Waals surface area contributed by atoms with E-state index >= 15 is 0 Å². The summed E-state index contributed by atoms with van der Waals surface area (Å²) in [6, 6.07) is 15.8. The number of furan rings is 1. The van der Waals surface area contributed by atoms with E-state index in [1.807, 2.05) is 42.5 Å². The standard InChI is InChI=1S/C15H9N3O/c1-2-6-13-11(4-1)15-10(5-3-7-14(15)19-13)12-8-9-16-18-17-12/h1-9H. The summed E-state index contributed by atoms with van der Waals surface area (Å²) in [5.41, 5.74) is 3.55. The van der Waals surface area contributed by atoms with Gasteiger partial charge in [0, 0.05) is 16.3 Å².